The monoisotopic (exact) mass is 333 g/mol. The quantitative estimate of drug-likeness (QED) is 0.894. The van der Waals surface area contributed by atoms with Crippen LogP contribution in [0, 0.1) is 6.92 Å². The topological polar surface area (TPSA) is 83.9 Å². The second kappa shape index (κ2) is 5.84. The smallest absolute Gasteiger partial charge is 0.264 e. The third-order valence-electron chi connectivity index (χ3n) is 3.83. The molecule has 0 unspecified atom stereocenters. The molecule has 0 radical (unpaired) electrons. The molecule has 1 N–H and O–H groups in total. The van der Waals surface area contributed by atoms with Crippen molar-refractivity contribution >= 4 is 17.7 Å². The number of carbonyl (C=O) groups is 1. The molecule has 23 heavy (non-hydrogen) atoms. The standard InChI is InChI=1S/C15H19N5O2S/c1-10-11(14(22)19-6-7-23-15(2,3)9-19)8-16-20(10)12-4-5-13(21)18-17-12/h4-5,8H,6-7,9H2,1-3H3,(H,18,21). The Kier molecular flexibility index (Phi) is 4.01. The van der Waals surface area contributed by atoms with Gasteiger partial charge in [0.05, 0.1) is 17.5 Å². The van der Waals surface area contributed by atoms with Crippen molar-refractivity contribution in [2.45, 2.75) is 25.5 Å². The molecule has 0 aliphatic carbocycles. The number of hydrogen-bond donors (Lipinski definition) is 1. The highest BCUT2D eigenvalue weighted by Gasteiger charge is 2.31. The van der Waals surface area contributed by atoms with Crippen LogP contribution in [-0.2, 0) is 0 Å². The third kappa shape index (κ3) is 3.17. The van der Waals surface area contributed by atoms with Crippen molar-refractivity contribution in [1.82, 2.24) is 24.9 Å². The molecular formula is C15H19N5O2S. The highest BCUT2D eigenvalue weighted by molar-refractivity contribution is 8.00. The lowest BCUT2D eigenvalue weighted by Crippen LogP contribution is -2.46. The summed E-state index contributed by atoms with van der Waals surface area (Å²) in [5.74, 6) is 1.41. The summed E-state index contributed by atoms with van der Waals surface area (Å²) >= 11 is 1.89. The van der Waals surface area contributed by atoms with Crippen molar-refractivity contribution in [1.29, 1.82) is 0 Å². The zero-order valence-electron chi connectivity index (χ0n) is 13.4. The Labute approximate surface area is 138 Å². The van der Waals surface area contributed by atoms with Gasteiger partial charge in [-0.2, -0.15) is 22.0 Å². The highest BCUT2D eigenvalue weighted by Crippen LogP contribution is 2.30. The fourth-order valence-corrected chi connectivity index (χ4v) is 3.78. The van der Waals surface area contributed by atoms with E-state index < -0.39 is 0 Å². The first-order valence-corrected chi connectivity index (χ1v) is 8.40. The highest BCUT2D eigenvalue weighted by atomic mass is 32.2. The molecule has 2 aromatic rings. The van der Waals surface area contributed by atoms with Crippen LogP contribution in [0.15, 0.2) is 23.1 Å². The van der Waals surface area contributed by atoms with Gasteiger partial charge in [-0.3, -0.25) is 9.59 Å². The van der Waals surface area contributed by atoms with Crippen LogP contribution in [0.1, 0.15) is 29.9 Å². The maximum absolute atomic E-state index is 12.8. The molecule has 3 rings (SSSR count). The second-order valence-corrected chi connectivity index (χ2v) is 7.97. The first kappa shape index (κ1) is 15.8. The average Bonchev–Trinajstić information content (AvgIpc) is 2.88. The van der Waals surface area contributed by atoms with Crippen molar-refractivity contribution in [3.8, 4) is 5.82 Å². The van der Waals surface area contributed by atoms with Gasteiger partial charge in [0, 0.05) is 29.7 Å². The Balaban J connectivity index is 1.88. The van der Waals surface area contributed by atoms with E-state index in [-0.39, 0.29) is 16.2 Å². The van der Waals surface area contributed by atoms with Gasteiger partial charge in [0.15, 0.2) is 5.82 Å². The number of H-pyrrole nitrogens is 1. The molecule has 0 aromatic carbocycles. The lowest BCUT2D eigenvalue weighted by Gasteiger charge is -2.37. The van der Waals surface area contributed by atoms with Crippen LogP contribution in [0.3, 0.4) is 0 Å². The van der Waals surface area contributed by atoms with Crippen LogP contribution in [0.2, 0.25) is 0 Å². The van der Waals surface area contributed by atoms with Crippen LogP contribution in [0.5, 0.6) is 0 Å². The molecule has 7 nitrogen and oxygen atoms in total. The summed E-state index contributed by atoms with van der Waals surface area (Å²) in [4.78, 5) is 25.8. The van der Waals surface area contributed by atoms with Gasteiger partial charge in [0.25, 0.3) is 11.5 Å². The van der Waals surface area contributed by atoms with Gasteiger partial charge in [-0.05, 0) is 26.8 Å². The maximum atomic E-state index is 12.8. The first-order valence-electron chi connectivity index (χ1n) is 7.41. The molecule has 1 aliphatic rings. The molecule has 2 aromatic heterocycles. The molecule has 1 saturated heterocycles. The van der Waals surface area contributed by atoms with E-state index in [1.807, 2.05) is 23.6 Å². The minimum Gasteiger partial charge on any atom is -0.336 e. The number of rotatable bonds is 2. The van der Waals surface area contributed by atoms with Crippen LogP contribution in [0.4, 0.5) is 0 Å². The van der Waals surface area contributed by atoms with Gasteiger partial charge in [-0.1, -0.05) is 0 Å². The van der Waals surface area contributed by atoms with Crippen molar-refractivity contribution in [2.75, 3.05) is 18.8 Å². The van der Waals surface area contributed by atoms with E-state index in [1.165, 1.54) is 6.07 Å². The van der Waals surface area contributed by atoms with Crippen molar-refractivity contribution in [3.63, 3.8) is 0 Å². The Morgan fingerprint density at radius 2 is 2.17 bits per heavy atom. The largest absolute Gasteiger partial charge is 0.336 e. The Morgan fingerprint density at radius 1 is 1.39 bits per heavy atom. The summed E-state index contributed by atoms with van der Waals surface area (Å²) in [6.45, 7) is 7.60. The predicted molar refractivity (Wildman–Crippen MR) is 89.2 cm³/mol. The number of carbonyl (C=O) groups excluding carboxylic acids is 1. The number of hydrogen-bond acceptors (Lipinski definition) is 5. The van der Waals surface area contributed by atoms with Gasteiger partial charge in [0.1, 0.15) is 0 Å². The van der Waals surface area contributed by atoms with Crippen LogP contribution in [0.25, 0.3) is 5.82 Å². The summed E-state index contributed by atoms with van der Waals surface area (Å²) in [5, 5.41) is 10.6. The fourth-order valence-electron chi connectivity index (χ4n) is 2.67. The van der Waals surface area contributed by atoms with E-state index >= 15 is 0 Å². The van der Waals surface area contributed by atoms with E-state index in [9.17, 15) is 9.59 Å². The van der Waals surface area contributed by atoms with E-state index in [2.05, 4.69) is 29.1 Å². The number of thioether (sulfide) groups is 1. The van der Waals surface area contributed by atoms with Crippen molar-refractivity contribution in [2.24, 2.45) is 0 Å². The summed E-state index contributed by atoms with van der Waals surface area (Å²) in [6, 6.07) is 2.96. The van der Waals surface area contributed by atoms with E-state index in [0.717, 1.165) is 18.8 Å². The molecular weight excluding hydrogens is 314 g/mol. The van der Waals surface area contributed by atoms with E-state index in [1.54, 1.807) is 16.9 Å². The van der Waals surface area contributed by atoms with Gasteiger partial charge >= 0.3 is 0 Å². The predicted octanol–water partition coefficient (Wildman–Crippen LogP) is 1.23. The fraction of sp³-hybridized carbons (Fsp3) is 0.467. The average molecular weight is 333 g/mol. The van der Waals surface area contributed by atoms with Crippen molar-refractivity contribution < 1.29 is 4.79 Å². The molecule has 0 spiro atoms. The minimum atomic E-state index is -0.275. The summed E-state index contributed by atoms with van der Waals surface area (Å²) in [5.41, 5.74) is 1.01. The number of amides is 1. The van der Waals surface area contributed by atoms with Crippen LogP contribution < -0.4 is 5.56 Å². The second-order valence-electron chi connectivity index (χ2n) is 6.17. The summed E-state index contributed by atoms with van der Waals surface area (Å²) in [7, 11) is 0. The number of aromatic nitrogens is 4. The Hall–Kier alpha value is -2.09. The molecule has 1 aliphatic heterocycles. The van der Waals surface area contributed by atoms with Gasteiger partial charge in [0.2, 0.25) is 0 Å². The SMILES string of the molecule is Cc1c(C(=O)N2CCSC(C)(C)C2)cnn1-c1ccc(=O)[nH]n1. The first-order chi connectivity index (χ1) is 10.9. The normalized spacial score (nSPS) is 17.3. The minimum absolute atomic E-state index is 0.00782. The molecule has 0 saturated carbocycles. The zero-order valence-corrected chi connectivity index (χ0v) is 14.2. The number of nitrogens with one attached hydrogen (secondary N) is 1. The molecule has 1 fully saturated rings. The van der Waals surface area contributed by atoms with Gasteiger partial charge < -0.3 is 4.90 Å². The van der Waals surface area contributed by atoms with Crippen LogP contribution >= 0.6 is 11.8 Å². The zero-order chi connectivity index (χ0) is 16.6. The molecule has 122 valence electrons. The lowest BCUT2D eigenvalue weighted by molar-refractivity contribution is 0.0747. The molecule has 3 heterocycles. The Bertz CT molecular complexity index is 775. The maximum Gasteiger partial charge on any atom is 0.264 e. The van der Waals surface area contributed by atoms with E-state index in [4.69, 9.17) is 0 Å². The number of aromatic amines is 1. The Morgan fingerprint density at radius 3 is 2.83 bits per heavy atom. The summed E-state index contributed by atoms with van der Waals surface area (Å²) < 4.78 is 1.63. The van der Waals surface area contributed by atoms with Gasteiger partial charge in [-0.25, -0.2) is 9.78 Å². The molecule has 8 heteroatoms. The molecule has 0 atom stereocenters. The third-order valence-corrected chi connectivity index (χ3v) is 5.13. The number of nitrogens with zero attached hydrogens (tertiary/aromatic N) is 4. The molecule has 1 amide bonds. The van der Waals surface area contributed by atoms with Gasteiger partial charge in [-0.15, -0.1) is 0 Å². The lowest BCUT2D eigenvalue weighted by atomic mass is 10.1. The van der Waals surface area contributed by atoms with Crippen LogP contribution in [-0.4, -0.2) is 54.4 Å². The molecule has 0 bridgehead atoms. The summed E-state index contributed by atoms with van der Waals surface area (Å²) in [6.07, 6.45) is 1.57. The van der Waals surface area contributed by atoms with Crippen molar-refractivity contribution in [3.05, 3.63) is 39.9 Å². The van der Waals surface area contributed by atoms with E-state index in [0.29, 0.717) is 17.1 Å².